The largest absolute Gasteiger partial charge is 0.434 e. The van der Waals surface area contributed by atoms with Crippen LogP contribution in [0.5, 0.6) is 11.6 Å². The van der Waals surface area contributed by atoms with E-state index in [1.807, 2.05) is 31.2 Å². The molecule has 3 aromatic heterocycles. The second-order valence-electron chi connectivity index (χ2n) is 9.06. The lowest BCUT2D eigenvalue weighted by Gasteiger charge is -2.16. The van der Waals surface area contributed by atoms with Crippen molar-refractivity contribution in [2.24, 2.45) is 5.41 Å². The van der Waals surface area contributed by atoms with Crippen LogP contribution in [0.1, 0.15) is 18.4 Å². The quantitative estimate of drug-likeness (QED) is 0.281. The van der Waals surface area contributed by atoms with Gasteiger partial charge in [-0.25, -0.2) is 9.37 Å². The number of hydrogen-bond acceptors (Lipinski definition) is 6. The topological polar surface area (TPSA) is 122 Å². The van der Waals surface area contributed by atoms with Crippen molar-refractivity contribution in [2.45, 2.75) is 19.8 Å². The number of rotatable bonds is 6. The van der Waals surface area contributed by atoms with Gasteiger partial charge in [-0.3, -0.25) is 14.6 Å². The maximum atomic E-state index is 15.0. The summed E-state index contributed by atoms with van der Waals surface area (Å²) in [6.45, 7) is 1.86. The lowest BCUT2D eigenvalue weighted by molar-refractivity contribution is -0.131. The number of para-hydroxylation sites is 1. The van der Waals surface area contributed by atoms with Crippen molar-refractivity contribution >= 4 is 45.1 Å². The van der Waals surface area contributed by atoms with Gasteiger partial charge in [-0.2, -0.15) is 4.98 Å². The highest BCUT2D eigenvalue weighted by atomic mass is 19.1. The highest BCUT2D eigenvalue weighted by Crippen LogP contribution is 2.47. The monoisotopic (exact) mass is 496 g/mol. The lowest BCUT2D eigenvalue weighted by Crippen LogP contribution is -2.35. The first-order chi connectivity index (χ1) is 17.9. The summed E-state index contributed by atoms with van der Waals surface area (Å²) in [6, 6.07) is 13.5. The molecule has 10 heteroatoms. The molecule has 9 nitrogen and oxygen atoms in total. The molecule has 6 rings (SSSR count). The number of anilines is 2. The van der Waals surface area contributed by atoms with Gasteiger partial charge in [0.1, 0.15) is 22.8 Å². The minimum atomic E-state index is -1.20. The van der Waals surface area contributed by atoms with Crippen molar-refractivity contribution in [3.8, 4) is 11.6 Å². The van der Waals surface area contributed by atoms with Gasteiger partial charge in [-0.15, -0.1) is 0 Å². The molecule has 3 N–H and O–H groups in total. The van der Waals surface area contributed by atoms with Gasteiger partial charge in [-0.05, 0) is 49.6 Å². The summed E-state index contributed by atoms with van der Waals surface area (Å²) >= 11 is 0. The molecule has 0 bridgehead atoms. The van der Waals surface area contributed by atoms with E-state index >= 15 is 0 Å². The van der Waals surface area contributed by atoms with E-state index in [0.717, 1.165) is 22.5 Å². The summed E-state index contributed by atoms with van der Waals surface area (Å²) in [4.78, 5) is 41.5. The van der Waals surface area contributed by atoms with Gasteiger partial charge < -0.3 is 20.4 Å². The Kier molecular flexibility index (Phi) is 5.29. The summed E-state index contributed by atoms with van der Waals surface area (Å²) in [5, 5.41) is 6.31. The fourth-order valence-corrected chi connectivity index (χ4v) is 4.27. The summed E-state index contributed by atoms with van der Waals surface area (Å²) in [5.41, 5.74) is 2.49. The van der Waals surface area contributed by atoms with E-state index in [0.29, 0.717) is 29.6 Å². The van der Waals surface area contributed by atoms with Crippen LogP contribution in [-0.4, -0.2) is 31.8 Å². The van der Waals surface area contributed by atoms with Gasteiger partial charge >= 0.3 is 0 Å². The lowest BCUT2D eigenvalue weighted by atomic mass is 10.0. The number of amides is 2. The molecular weight excluding hydrogens is 475 g/mol. The molecule has 0 aliphatic heterocycles. The molecule has 1 aliphatic carbocycles. The number of aromatic nitrogens is 4. The molecule has 3 heterocycles. The van der Waals surface area contributed by atoms with Crippen molar-refractivity contribution < 1.29 is 18.7 Å². The van der Waals surface area contributed by atoms with Crippen LogP contribution in [0, 0.1) is 18.2 Å². The molecule has 184 valence electrons. The van der Waals surface area contributed by atoms with Gasteiger partial charge in [0, 0.05) is 28.9 Å². The number of benzene rings is 2. The second-order valence-corrected chi connectivity index (χ2v) is 9.06. The Bertz CT molecular complexity index is 1690. The minimum Gasteiger partial charge on any atom is -0.434 e. The van der Waals surface area contributed by atoms with Crippen molar-refractivity contribution in [1.29, 1.82) is 0 Å². The summed E-state index contributed by atoms with van der Waals surface area (Å²) in [6.07, 6.45) is 5.36. The number of aryl methyl sites for hydroxylation is 1. The number of pyridine rings is 1. The van der Waals surface area contributed by atoms with Gasteiger partial charge in [0.2, 0.25) is 17.7 Å². The fraction of sp³-hybridized carbons (Fsp3) is 0.148. The number of carbonyl (C=O) groups is 2. The first-order valence-electron chi connectivity index (χ1n) is 11.7. The van der Waals surface area contributed by atoms with E-state index in [2.05, 4.69) is 30.6 Å². The third-order valence-corrected chi connectivity index (χ3v) is 6.40. The summed E-state index contributed by atoms with van der Waals surface area (Å²) in [7, 11) is 0. The maximum absolute atomic E-state index is 15.0. The number of halogens is 1. The van der Waals surface area contributed by atoms with Crippen LogP contribution in [0.2, 0.25) is 0 Å². The number of hydrogen-bond donors (Lipinski definition) is 3. The number of carbonyl (C=O) groups excluding carboxylic acids is 2. The van der Waals surface area contributed by atoms with Gasteiger partial charge in [0.25, 0.3) is 0 Å². The summed E-state index contributed by atoms with van der Waals surface area (Å²) in [5.74, 6) is -1.49. The number of nitrogens with one attached hydrogen (secondary N) is 3. The minimum absolute atomic E-state index is 0.0671. The van der Waals surface area contributed by atoms with E-state index in [9.17, 15) is 14.0 Å². The van der Waals surface area contributed by atoms with Crippen LogP contribution in [0.3, 0.4) is 0 Å². The molecule has 1 saturated carbocycles. The van der Waals surface area contributed by atoms with Gasteiger partial charge in [0.15, 0.2) is 11.6 Å². The number of aromatic amines is 1. The predicted molar refractivity (Wildman–Crippen MR) is 136 cm³/mol. The van der Waals surface area contributed by atoms with Crippen LogP contribution >= 0.6 is 0 Å². The third kappa shape index (κ3) is 4.12. The number of ether oxygens (including phenoxy) is 1. The number of H-pyrrole nitrogens is 1. The van der Waals surface area contributed by atoms with Crippen molar-refractivity contribution in [3.63, 3.8) is 0 Å². The Morgan fingerprint density at radius 1 is 1.00 bits per heavy atom. The van der Waals surface area contributed by atoms with Crippen molar-refractivity contribution in [1.82, 2.24) is 19.9 Å². The molecule has 1 fully saturated rings. The molecule has 1 aliphatic rings. The standard InChI is InChI=1S/C27H21FN6O3/c1-15-10-17(13-29-12-15)33-26(36)27(8-9-27)25(35)32-16-6-7-21(19(28)11-16)37-24-23-22(30-14-31-24)18-4-2-3-5-20(18)34-23/h2-7,10-14,34H,8-9H2,1H3,(H,32,35)(H,33,36). The second kappa shape index (κ2) is 8.66. The van der Waals surface area contributed by atoms with Gasteiger partial charge in [-0.1, -0.05) is 18.2 Å². The van der Waals surface area contributed by atoms with Crippen LogP contribution in [0.4, 0.5) is 15.8 Å². The Morgan fingerprint density at radius 3 is 2.54 bits per heavy atom. The van der Waals surface area contributed by atoms with Crippen molar-refractivity contribution in [3.05, 3.63) is 78.6 Å². The van der Waals surface area contributed by atoms with E-state index in [1.165, 1.54) is 24.7 Å². The molecule has 2 aromatic carbocycles. The van der Waals surface area contributed by atoms with E-state index in [4.69, 9.17) is 4.74 Å². The first-order valence-corrected chi connectivity index (χ1v) is 11.7. The van der Waals surface area contributed by atoms with Crippen molar-refractivity contribution in [2.75, 3.05) is 10.6 Å². The normalized spacial score (nSPS) is 13.9. The average molecular weight is 497 g/mol. The van der Waals surface area contributed by atoms with Crippen LogP contribution < -0.4 is 15.4 Å². The summed E-state index contributed by atoms with van der Waals surface area (Å²) < 4.78 is 20.7. The Labute approximate surface area is 210 Å². The average Bonchev–Trinajstić information content (AvgIpc) is 3.62. The third-order valence-electron chi connectivity index (χ3n) is 6.40. The Morgan fingerprint density at radius 2 is 1.78 bits per heavy atom. The molecule has 0 saturated heterocycles. The number of nitrogens with zero attached hydrogens (tertiary/aromatic N) is 3. The highest BCUT2D eigenvalue weighted by Gasteiger charge is 2.56. The molecule has 37 heavy (non-hydrogen) atoms. The molecule has 0 atom stereocenters. The molecule has 5 aromatic rings. The Balaban J connectivity index is 1.18. The molecule has 0 unspecified atom stereocenters. The van der Waals surface area contributed by atoms with E-state index < -0.39 is 23.0 Å². The van der Waals surface area contributed by atoms with Crippen LogP contribution in [0.25, 0.3) is 21.9 Å². The van der Waals surface area contributed by atoms with Crippen LogP contribution in [0.15, 0.2) is 67.3 Å². The maximum Gasteiger partial charge on any atom is 0.247 e. The van der Waals surface area contributed by atoms with E-state index in [1.54, 1.807) is 12.3 Å². The smallest absolute Gasteiger partial charge is 0.247 e. The molecule has 0 radical (unpaired) electrons. The predicted octanol–water partition coefficient (Wildman–Crippen LogP) is 5.10. The zero-order valence-corrected chi connectivity index (χ0v) is 19.7. The molecular formula is C27H21FN6O3. The molecule has 2 amide bonds. The van der Waals surface area contributed by atoms with Gasteiger partial charge in [0.05, 0.1) is 11.9 Å². The highest BCUT2D eigenvalue weighted by molar-refractivity contribution is 6.17. The van der Waals surface area contributed by atoms with E-state index in [-0.39, 0.29) is 17.3 Å². The number of fused-ring (bicyclic) bond motifs is 3. The zero-order chi connectivity index (χ0) is 25.6. The fourth-order valence-electron chi connectivity index (χ4n) is 4.27. The van der Waals surface area contributed by atoms with Crippen LogP contribution in [-0.2, 0) is 9.59 Å². The Hall–Kier alpha value is -4.86. The first kappa shape index (κ1) is 22.6. The SMILES string of the molecule is Cc1cncc(NC(=O)C2(C(=O)Nc3ccc(Oc4ncnc5c4[nH]c4ccccc45)c(F)c3)CC2)c1. The molecule has 0 spiro atoms. The zero-order valence-electron chi connectivity index (χ0n) is 19.7.